The van der Waals surface area contributed by atoms with E-state index >= 15 is 0 Å². The highest BCUT2D eigenvalue weighted by atomic mass is 32.2. The molecular formula is C18H25N3OS2. The fourth-order valence-corrected chi connectivity index (χ4v) is 4.39. The summed E-state index contributed by atoms with van der Waals surface area (Å²) in [5.41, 5.74) is 1.33. The molecule has 24 heavy (non-hydrogen) atoms. The molecule has 0 unspecified atom stereocenters. The molecule has 0 radical (unpaired) electrons. The van der Waals surface area contributed by atoms with Crippen molar-refractivity contribution in [2.24, 2.45) is 0 Å². The first kappa shape index (κ1) is 17.7. The van der Waals surface area contributed by atoms with Crippen molar-refractivity contribution < 1.29 is 4.79 Å². The van der Waals surface area contributed by atoms with Crippen LogP contribution in [0.5, 0.6) is 0 Å². The van der Waals surface area contributed by atoms with E-state index in [1.54, 1.807) is 0 Å². The zero-order valence-corrected chi connectivity index (χ0v) is 15.6. The van der Waals surface area contributed by atoms with E-state index < -0.39 is 0 Å². The molecule has 0 aliphatic carbocycles. The monoisotopic (exact) mass is 363 g/mol. The number of amides is 1. The third-order valence-electron chi connectivity index (χ3n) is 4.58. The van der Waals surface area contributed by atoms with Gasteiger partial charge in [0.2, 0.25) is 5.91 Å². The van der Waals surface area contributed by atoms with Gasteiger partial charge in [0.15, 0.2) is 0 Å². The number of thiocarbonyl (C=S) groups is 1. The lowest BCUT2D eigenvalue weighted by Crippen LogP contribution is -2.38. The smallest absolute Gasteiger partial charge is 0.230 e. The van der Waals surface area contributed by atoms with Crippen LogP contribution in [0, 0.1) is 0 Å². The minimum Gasteiger partial charge on any atom is -0.358 e. The van der Waals surface area contributed by atoms with E-state index in [-0.39, 0.29) is 11.9 Å². The molecular weight excluding hydrogens is 338 g/mol. The zero-order chi connectivity index (χ0) is 16.8. The largest absolute Gasteiger partial charge is 0.358 e. The van der Waals surface area contributed by atoms with Gasteiger partial charge in [0.05, 0.1) is 5.75 Å². The molecule has 2 fully saturated rings. The molecule has 0 saturated carbocycles. The van der Waals surface area contributed by atoms with Crippen LogP contribution < -0.4 is 5.32 Å². The lowest BCUT2D eigenvalue weighted by Gasteiger charge is -2.18. The molecule has 0 bridgehead atoms. The lowest BCUT2D eigenvalue weighted by molar-refractivity contribution is -0.119. The fraction of sp³-hybridized carbons (Fsp3) is 0.556. The van der Waals surface area contributed by atoms with E-state index in [4.69, 9.17) is 12.2 Å². The first-order chi connectivity index (χ1) is 11.7. The SMILES string of the molecule is O=C(CSC(=S)N1CCCC1)N[C@@H]1CCN(Cc2ccccc2)C1. The molecule has 0 aromatic heterocycles. The second-order valence-corrected chi connectivity index (χ2v) is 8.13. The topological polar surface area (TPSA) is 35.6 Å². The molecule has 1 aromatic rings. The number of carbonyl (C=O) groups excluding carboxylic acids is 1. The maximum absolute atomic E-state index is 12.2. The second kappa shape index (κ2) is 8.83. The summed E-state index contributed by atoms with van der Waals surface area (Å²) in [6.45, 7) is 5.02. The molecule has 1 amide bonds. The van der Waals surface area contributed by atoms with E-state index in [1.165, 1.54) is 30.2 Å². The molecule has 2 heterocycles. The van der Waals surface area contributed by atoms with Gasteiger partial charge in [-0.3, -0.25) is 9.69 Å². The van der Waals surface area contributed by atoms with Crippen LogP contribution in [0.2, 0.25) is 0 Å². The van der Waals surface area contributed by atoms with Crippen molar-refractivity contribution in [2.45, 2.75) is 31.8 Å². The lowest BCUT2D eigenvalue weighted by atomic mass is 10.2. The first-order valence-electron chi connectivity index (χ1n) is 8.68. The molecule has 1 atom stereocenters. The summed E-state index contributed by atoms with van der Waals surface area (Å²) in [6.07, 6.45) is 3.46. The molecule has 2 aliphatic heterocycles. The highest BCUT2D eigenvalue weighted by Crippen LogP contribution is 2.17. The highest BCUT2D eigenvalue weighted by Gasteiger charge is 2.24. The fourth-order valence-electron chi connectivity index (χ4n) is 3.32. The Bertz CT molecular complexity index is 561. The van der Waals surface area contributed by atoms with Gasteiger partial charge in [-0.05, 0) is 24.8 Å². The molecule has 1 N–H and O–H groups in total. The van der Waals surface area contributed by atoms with Gasteiger partial charge in [-0.1, -0.05) is 54.3 Å². The third kappa shape index (κ3) is 5.19. The minimum absolute atomic E-state index is 0.105. The first-order valence-corrected chi connectivity index (χ1v) is 10.1. The van der Waals surface area contributed by atoms with E-state index in [9.17, 15) is 4.79 Å². The van der Waals surface area contributed by atoms with Crippen LogP contribution in [-0.4, -0.2) is 58.0 Å². The number of likely N-dealkylation sites (tertiary alicyclic amines) is 2. The summed E-state index contributed by atoms with van der Waals surface area (Å²) >= 11 is 6.91. The zero-order valence-electron chi connectivity index (χ0n) is 13.9. The third-order valence-corrected chi connectivity index (χ3v) is 6.10. The summed E-state index contributed by atoms with van der Waals surface area (Å²) < 4.78 is 0.875. The van der Waals surface area contributed by atoms with Gasteiger partial charge in [-0.25, -0.2) is 0 Å². The number of benzene rings is 1. The summed E-state index contributed by atoms with van der Waals surface area (Å²) in [5.74, 6) is 0.540. The summed E-state index contributed by atoms with van der Waals surface area (Å²) in [6, 6.07) is 10.8. The van der Waals surface area contributed by atoms with Crippen molar-refractivity contribution in [2.75, 3.05) is 31.9 Å². The maximum atomic E-state index is 12.2. The molecule has 6 heteroatoms. The van der Waals surface area contributed by atoms with Crippen LogP contribution in [-0.2, 0) is 11.3 Å². The Balaban J connectivity index is 1.35. The van der Waals surface area contributed by atoms with Gasteiger partial charge in [-0.2, -0.15) is 0 Å². The van der Waals surface area contributed by atoms with Gasteiger partial charge in [0, 0.05) is 38.8 Å². The Labute approximate surface area is 154 Å². The predicted molar refractivity (Wildman–Crippen MR) is 104 cm³/mol. The van der Waals surface area contributed by atoms with Crippen molar-refractivity contribution in [1.82, 2.24) is 15.1 Å². The van der Waals surface area contributed by atoms with Gasteiger partial charge >= 0.3 is 0 Å². The Morgan fingerprint density at radius 3 is 2.71 bits per heavy atom. The summed E-state index contributed by atoms with van der Waals surface area (Å²) in [7, 11) is 0. The summed E-state index contributed by atoms with van der Waals surface area (Å²) in [4.78, 5) is 16.8. The van der Waals surface area contributed by atoms with Crippen molar-refractivity contribution in [3.8, 4) is 0 Å². The quantitative estimate of drug-likeness (QED) is 0.814. The molecule has 4 nitrogen and oxygen atoms in total. The van der Waals surface area contributed by atoms with E-state index in [0.717, 1.165) is 43.5 Å². The highest BCUT2D eigenvalue weighted by molar-refractivity contribution is 8.23. The van der Waals surface area contributed by atoms with E-state index in [1.807, 2.05) is 6.07 Å². The van der Waals surface area contributed by atoms with Crippen LogP contribution >= 0.6 is 24.0 Å². The van der Waals surface area contributed by atoms with Crippen LogP contribution in [0.3, 0.4) is 0 Å². The Kier molecular flexibility index (Phi) is 6.51. The van der Waals surface area contributed by atoms with Crippen molar-refractivity contribution >= 4 is 34.2 Å². The number of nitrogens with zero attached hydrogens (tertiary/aromatic N) is 2. The standard InChI is InChI=1S/C18H25N3OS2/c22-17(14-24-18(23)21-9-4-5-10-21)19-16-8-11-20(13-16)12-15-6-2-1-3-7-15/h1-3,6-7,16H,4-5,8-14H2,(H,19,22)/t16-/m1/s1. The molecule has 2 aliphatic rings. The number of carbonyl (C=O) groups is 1. The maximum Gasteiger partial charge on any atom is 0.230 e. The van der Waals surface area contributed by atoms with Crippen LogP contribution in [0.15, 0.2) is 30.3 Å². The van der Waals surface area contributed by atoms with Crippen LogP contribution in [0.25, 0.3) is 0 Å². The van der Waals surface area contributed by atoms with E-state index in [2.05, 4.69) is 39.4 Å². The normalized spacial score (nSPS) is 21.2. The van der Waals surface area contributed by atoms with Gasteiger partial charge in [0.25, 0.3) is 0 Å². The average molecular weight is 364 g/mol. The average Bonchev–Trinajstić information content (AvgIpc) is 3.26. The van der Waals surface area contributed by atoms with Gasteiger partial charge < -0.3 is 10.2 Å². The molecule has 0 spiro atoms. The van der Waals surface area contributed by atoms with Gasteiger partial charge in [0.1, 0.15) is 4.32 Å². The number of thioether (sulfide) groups is 1. The van der Waals surface area contributed by atoms with Crippen LogP contribution in [0.1, 0.15) is 24.8 Å². The van der Waals surface area contributed by atoms with Crippen LogP contribution in [0.4, 0.5) is 0 Å². The van der Waals surface area contributed by atoms with E-state index in [0.29, 0.717) is 5.75 Å². The molecule has 2 saturated heterocycles. The number of rotatable bonds is 5. The number of hydrogen-bond acceptors (Lipinski definition) is 4. The molecule has 3 rings (SSSR count). The van der Waals surface area contributed by atoms with Crippen molar-refractivity contribution in [3.05, 3.63) is 35.9 Å². The Hall–Kier alpha value is -1.11. The molecule has 1 aromatic carbocycles. The Morgan fingerprint density at radius 1 is 1.21 bits per heavy atom. The summed E-state index contributed by atoms with van der Waals surface area (Å²) in [5, 5.41) is 3.16. The van der Waals surface area contributed by atoms with Crippen molar-refractivity contribution in [3.63, 3.8) is 0 Å². The number of nitrogens with one attached hydrogen (secondary N) is 1. The van der Waals surface area contributed by atoms with Crippen molar-refractivity contribution in [1.29, 1.82) is 0 Å². The number of hydrogen-bond donors (Lipinski definition) is 1. The Morgan fingerprint density at radius 2 is 1.96 bits per heavy atom. The predicted octanol–water partition coefficient (Wildman–Crippen LogP) is 2.49. The van der Waals surface area contributed by atoms with Gasteiger partial charge in [-0.15, -0.1) is 0 Å². The molecule has 130 valence electrons. The second-order valence-electron chi connectivity index (χ2n) is 6.52. The minimum atomic E-state index is 0.105.